The van der Waals surface area contributed by atoms with Gasteiger partial charge in [0.05, 0.1) is 5.69 Å². The fraction of sp³-hybridized carbons (Fsp3) is 0.769. The fourth-order valence-corrected chi connectivity index (χ4v) is 2.16. The Hall–Kier alpha value is -0.830. The second-order valence-corrected chi connectivity index (χ2v) is 4.91. The monoisotopic (exact) mass is 223 g/mol. The molecule has 1 aromatic heterocycles. The Morgan fingerprint density at radius 3 is 2.31 bits per heavy atom. The second-order valence-electron chi connectivity index (χ2n) is 4.91. The van der Waals surface area contributed by atoms with Crippen LogP contribution in [0.3, 0.4) is 0 Å². The quantitative estimate of drug-likeness (QED) is 0.831. The largest absolute Gasteiger partial charge is 0.310 e. The summed E-state index contributed by atoms with van der Waals surface area (Å²) >= 11 is 0. The average molecular weight is 223 g/mol. The topological polar surface area (TPSA) is 29.9 Å². The first-order chi connectivity index (χ1) is 7.47. The molecule has 1 unspecified atom stereocenters. The van der Waals surface area contributed by atoms with Gasteiger partial charge in [-0.25, -0.2) is 0 Å². The number of aryl methyl sites for hydroxylation is 2. The lowest BCUT2D eigenvalue weighted by molar-refractivity contribution is 0.387. The standard InChI is InChI=1S/C13H25N3/c1-7-13(9(2)3)14-8-12-10(4)15-16(6)11(12)5/h9,13-14H,7-8H2,1-6H3. The van der Waals surface area contributed by atoms with Gasteiger partial charge in [0.15, 0.2) is 0 Å². The van der Waals surface area contributed by atoms with Gasteiger partial charge in [-0.05, 0) is 26.2 Å². The van der Waals surface area contributed by atoms with Crippen LogP contribution in [0.15, 0.2) is 0 Å². The minimum Gasteiger partial charge on any atom is -0.310 e. The lowest BCUT2D eigenvalue weighted by Crippen LogP contribution is -2.32. The number of rotatable bonds is 5. The Morgan fingerprint density at radius 2 is 1.94 bits per heavy atom. The number of nitrogens with one attached hydrogen (secondary N) is 1. The summed E-state index contributed by atoms with van der Waals surface area (Å²) in [7, 11) is 2.01. The van der Waals surface area contributed by atoms with Gasteiger partial charge in [-0.3, -0.25) is 4.68 Å². The normalized spacial score (nSPS) is 13.4. The molecule has 3 heteroatoms. The first-order valence-corrected chi connectivity index (χ1v) is 6.19. The summed E-state index contributed by atoms with van der Waals surface area (Å²) in [5.74, 6) is 0.683. The smallest absolute Gasteiger partial charge is 0.0641 e. The van der Waals surface area contributed by atoms with Gasteiger partial charge in [-0.15, -0.1) is 0 Å². The van der Waals surface area contributed by atoms with Crippen molar-refractivity contribution in [1.29, 1.82) is 0 Å². The molecule has 0 radical (unpaired) electrons. The van der Waals surface area contributed by atoms with Gasteiger partial charge in [0.2, 0.25) is 0 Å². The number of nitrogens with zero attached hydrogens (tertiary/aromatic N) is 2. The zero-order valence-corrected chi connectivity index (χ0v) is 11.5. The molecule has 16 heavy (non-hydrogen) atoms. The van der Waals surface area contributed by atoms with Crippen LogP contribution in [-0.4, -0.2) is 15.8 Å². The molecular weight excluding hydrogens is 198 g/mol. The van der Waals surface area contributed by atoms with Crippen molar-refractivity contribution in [2.45, 2.75) is 53.6 Å². The first kappa shape index (κ1) is 13.2. The van der Waals surface area contributed by atoms with Gasteiger partial charge in [0.1, 0.15) is 0 Å². The molecule has 0 spiro atoms. The van der Waals surface area contributed by atoms with Crippen LogP contribution >= 0.6 is 0 Å². The molecule has 0 aliphatic carbocycles. The molecule has 0 aliphatic rings. The molecule has 0 saturated carbocycles. The summed E-state index contributed by atoms with van der Waals surface area (Å²) in [5.41, 5.74) is 3.76. The lowest BCUT2D eigenvalue weighted by Gasteiger charge is -2.20. The van der Waals surface area contributed by atoms with Gasteiger partial charge in [-0.2, -0.15) is 5.10 Å². The van der Waals surface area contributed by atoms with E-state index in [0.29, 0.717) is 12.0 Å². The first-order valence-electron chi connectivity index (χ1n) is 6.19. The van der Waals surface area contributed by atoms with Crippen molar-refractivity contribution < 1.29 is 0 Å². The third-order valence-corrected chi connectivity index (χ3v) is 3.44. The predicted molar refractivity (Wildman–Crippen MR) is 68.4 cm³/mol. The second kappa shape index (κ2) is 5.48. The van der Waals surface area contributed by atoms with Crippen molar-refractivity contribution in [3.8, 4) is 0 Å². The van der Waals surface area contributed by atoms with Gasteiger partial charge >= 0.3 is 0 Å². The maximum atomic E-state index is 4.44. The van der Waals surface area contributed by atoms with Crippen molar-refractivity contribution >= 4 is 0 Å². The number of hydrogen-bond donors (Lipinski definition) is 1. The predicted octanol–water partition coefficient (Wildman–Crippen LogP) is 2.56. The Bertz CT molecular complexity index is 339. The molecule has 1 N–H and O–H groups in total. The molecule has 0 fully saturated rings. The van der Waals surface area contributed by atoms with Crippen LogP contribution in [-0.2, 0) is 13.6 Å². The Kier molecular flexibility index (Phi) is 4.54. The van der Waals surface area contributed by atoms with E-state index in [-0.39, 0.29) is 0 Å². The summed E-state index contributed by atoms with van der Waals surface area (Å²) in [6.07, 6.45) is 1.18. The van der Waals surface area contributed by atoms with Crippen LogP contribution in [0.4, 0.5) is 0 Å². The molecule has 0 saturated heterocycles. The third-order valence-electron chi connectivity index (χ3n) is 3.44. The fourth-order valence-electron chi connectivity index (χ4n) is 2.16. The van der Waals surface area contributed by atoms with E-state index in [1.807, 2.05) is 11.7 Å². The minimum absolute atomic E-state index is 0.596. The Morgan fingerprint density at radius 1 is 1.31 bits per heavy atom. The van der Waals surface area contributed by atoms with E-state index in [2.05, 4.69) is 45.0 Å². The van der Waals surface area contributed by atoms with E-state index in [0.717, 1.165) is 12.2 Å². The Labute approximate surface area is 99.2 Å². The molecule has 0 bridgehead atoms. The van der Waals surface area contributed by atoms with E-state index < -0.39 is 0 Å². The highest BCUT2D eigenvalue weighted by Crippen LogP contribution is 2.13. The Balaban J connectivity index is 2.67. The van der Waals surface area contributed by atoms with Crippen molar-refractivity contribution in [3.63, 3.8) is 0 Å². The van der Waals surface area contributed by atoms with Gasteiger partial charge < -0.3 is 5.32 Å². The molecule has 0 aromatic carbocycles. The van der Waals surface area contributed by atoms with Crippen LogP contribution in [0.2, 0.25) is 0 Å². The highest BCUT2D eigenvalue weighted by molar-refractivity contribution is 5.24. The SMILES string of the molecule is CCC(NCc1c(C)nn(C)c1C)C(C)C. The van der Waals surface area contributed by atoms with Crippen molar-refractivity contribution in [2.75, 3.05) is 0 Å². The maximum Gasteiger partial charge on any atom is 0.0641 e. The summed E-state index contributed by atoms with van der Waals surface area (Å²) in [6, 6.07) is 0.596. The highest BCUT2D eigenvalue weighted by atomic mass is 15.3. The summed E-state index contributed by atoms with van der Waals surface area (Å²) < 4.78 is 1.96. The minimum atomic E-state index is 0.596. The number of hydrogen-bond acceptors (Lipinski definition) is 2. The molecule has 1 heterocycles. The lowest BCUT2D eigenvalue weighted by atomic mass is 10.0. The molecule has 1 aromatic rings. The van der Waals surface area contributed by atoms with Gasteiger partial charge in [0.25, 0.3) is 0 Å². The zero-order valence-electron chi connectivity index (χ0n) is 11.5. The van der Waals surface area contributed by atoms with Gasteiger partial charge in [0, 0.05) is 30.9 Å². The zero-order chi connectivity index (χ0) is 12.3. The van der Waals surface area contributed by atoms with Crippen LogP contribution in [0.5, 0.6) is 0 Å². The van der Waals surface area contributed by atoms with Gasteiger partial charge in [-0.1, -0.05) is 20.8 Å². The van der Waals surface area contributed by atoms with E-state index in [1.54, 1.807) is 0 Å². The van der Waals surface area contributed by atoms with Crippen LogP contribution in [0.25, 0.3) is 0 Å². The van der Waals surface area contributed by atoms with Crippen molar-refractivity contribution in [2.24, 2.45) is 13.0 Å². The maximum absolute atomic E-state index is 4.44. The van der Waals surface area contributed by atoms with Crippen molar-refractivity contribution in [1.82, 2.24) is 15.1 Å². The summed E-state index contributed by atoms with van der Waals surface area (Å²) in [4.78, 5) is 0. The molecular formula is C13H25N3. The van der Waals surface area contributed by atoms with E-state index in [1.165, 1.54) is 17.7 Å². The average Bonchev–Trinajstić information content (AvgIpc) is 2.44. The molecule has 92 valence electrons. The number of aromatic nitrogens is 2. The van der Waals surface area contributed by atoms with Crippen LogP contribution in [0.1, 0.15) is 44.1 Å². The molecule has 0 amide bonds. The molecule has 3 nitrogen and oxygen atoms in total. The molecule has 0 aliphatic heterocycles. The van der Waals surface area contributed by atoms with Crippen LogP contribution in [0, 0.1) is 19.8 Å². The van der Waals surface area contributed by atoms with Crippen LogP contribution < -0.4 is 5.32 Å². The van der Waals surface area contributed by atoms with E-state index in [9.17, 15) is 0 Å². The summed E-state index contributed by atoms with van der Waals surface area (Å²) in [6.45, 7) is 11.9. The highest BCUT2D eigenvalue weighted by Gasteiger charge is 2.13. The van der Waals surface area contributed by atoms with E-state index >= 15 is 0 Å². The third kappa shape index (κ3) is 2.85. The summed E-state index contributed by atoms with van der Waals surface area (Å²) in [5, 5.41) is 8.06. The molecule has 1 atom stereocenters. The van der Waals surface area contributed by atoms with E-state index in [4.69, 9.17) is 0 Å². The molecule has 1 rings (SSSR count). The van der Waals surface area contributed by atoms with Crippen molar-refractivity contribution in [3.05, 3.63) is 17.0 Å².